The van der Waals surface area contributed by atoms with E-state index in [-0.39, 0.29) is 38.3 Å². The zero-order valence-corrected chi connectivity index (χ0v) is 11.9. The van der Waals surface area contributed by atoms with Crippen molar-refractivity contribution < 1.29 is 34.1 Å². The maximum atomic E-state index is 8.46. The SMILES string of the molecule is [2H]C1([P+]2(CC)CCCC2)CCC1.[Y]. The molecule has 2 heteroatoms. The Balaban J connectivity index is 0.000000845. The molecule has 2 fully saturated rings. The van der Waals surface area contributed by atoms with Crippen molar-refractivity contribution in [2.24, 2.45) is 0 Å². The Morgan fingerprint density at radius 3 is 2.17 bits per heavy atom. The molecule has 0 unspecified atom stereocenters. The van der Waals surface area contributed by atoms with Crippen LogP contribution in [0.4, 0.5) is 0 Å². The van der Waals surface area contributed by atoms with Crippen LogP contribution in [0.5, 0.6) is 0 Å². The Hall–Kier alpha value is 1.53. The molecular formula is C10H20PY+. The van der Waals surface area contributed by atoms with Crippen molar-refractivity contribution in [3.63, 3.8) is 0 Å². The van der Waals surface area contributed by atoms with Gasteiger partial charge in [0.15, 0.2) is 0 Å². The van der Waals surface area contributed by atoms with Gasteiger partial charge < -0.3 is 0 Å². The third kappa shape index (κ3) is 1.96. The molecule has 2 aliphatic rings. The van der Waals surface area contributed by atoms with Gasteiger partial charge in [-0.2, -0.15) is 0 Å². The Kier molecular flexibility index (Phi) is 4.07. The van der Waals surface area contributed by atoms with Crippen LogP contribution in [-0.4, -0.2) is 24.1 Å². The molecule has 0 aromatic heterocycles. The molecule has 2 rings (SSSR count). The van der Waals surface area contributed by atoms with Crippen LogP contribution in [0, 0.1) is 0 Å². The maximum Gasteiger partial charge on any atom is 0.0745 e. The Morgan fingerprint density at radius 2 is 1.83 bits per heavy atom. The second-order valence-corrected chi connectivity index (χ2v) is 8.49. The van der Waals surface area contributed by atoms with Gasteiger partial charge in [-0.05, 0) is 39.0 Å². The second-order valence-electron chi connectivity index (χ2n) is 4.04. The number of hydrogen-bond acceptors (Lipinski definition) is 0. The summed E-state index contributed by atoms with van der Waals surface area (Å²) < 4.78 is 8.46. The topological polar surface area (TPSA) is 0 Å². The zero-order chi connectivity index (χ0) is 8.66. The predicted molar refractivity (Wildman–Crippen MR) is 54.1 cm³/mol. The van der Waals surface area contributed by atoms with Crippen molar-refractivity contribution in [2.45, 2.75) is 44.7 Å². The van der Waals surface area contributed by atoms with E-state index in [9.17, 15) is 0 Å². The third-order valence-corrected chi connectivity index (χ3v) is 8.97. The van der Waals surface area contributed by atoms with Gasteiger partial charge in [0.05, 0.1) is 25.5 Å². The summed E-state index contributed by atoms with van der Waals surface area (Å²) in [6, 6.07) is 0. The first kappa shape index (κ1) is 10.1. The van der Waals surface area contributed by atoms with Gasteiger partial charge in [0.1, 0.15) is 0 Å². The molecule has 0 bridgehead atoms. The van der Waals surface area contributed by atoms with Gasteiger partial charge in [0, 0.05) is 40.0 Å². The molecule has 1 heterocycles. The van der Waals surface area contributed by atoms with Gasteiger partial charge in [-0.15, -0.1) is 0 Å². The Labute approximate surface area is 104 Å². The van der Waals surface area contributed by atoms with Crippen molar-refractivity contribution >= 4 is 7.26 Å². The third-order valence-electron chi connectivity index (χ3n) is 3.63. The molecule has 0 nitrogen and oxygen atoms in total. The molecular weight excluding hydrogens is 240 g/mol. The fourth-order valence-electron chi connectivity index (χ4n) is 2.61. The van der Waals surface area contributed by atoms with Gasteiger partial charge in [-0.25, -0.2) is 0 Å². The average Bonchev–Trinajstić information content (AvgIpc) is 2.49. The predicted octanol–water partition coefficient (Wildman–Crippen LogP) is 3.37. The van der Waals surface area contributed by atoms with Crippen molar-refractivity contribution in [3.8, 4) is 0 Å². The van der Waals surface area contributed by atoms with E-state index in [0.717, 1.165) is 0 Å². The summed E-state index contributed by atoms with van der Waals surface area (Å²) in [5.74, 6) is 0. The van der Waals surface area contributed by atoms with Crippen molar-refractivity contribution in [1.29, 1.82) is 0 Å². The van der Waals surface area contributed by atoms with E-state index in [2.05, 4.69) is 6.92 Å². The smallest absolute Gasteiger partial charge is 0.0459 e. The Bertz CT molecular complexity index is 174. The van der Waals surface area contributed by atoms with Crippen LogP contribution in [0.1, 0.15) is 40.4 Å². The first-order valence-electron chi connectivity index (χ1n) is 5.59. The fraction of sp³-hybridized carbons (Fsp3) is 1.00. The molecule has 1 radical (unpaired) electrons. The van der Waals surface area contributed by atoms with Crippen LogP contribution >= 0.6 is 7.26 Å². The molecule has 0 atom stereocenters. The largest absolute Gasteiger partial charge is 0.0745 e. The molecule has 0 aromatic rings. The van der Waals surface area contributed by atoms with Crippen LogP contribution in [0.25, 0.3) is 0 Å². The van der Waals surface area contributed by atoms with Gasteiger partial charge >= 0.3 is 0 Å². The van der Waals surface area contributed by atoms with E-state index < -0.39 is 7.26 Å². The standard InChI is InChI=1S/C10H20P.Y/c1-2-11(8-3-4-9-11)10-6-5-7-10;/h10H,2-9H2,1H3;/q+1;/i10D;. The zero-order valence-electron chi connectivity index (χ0n) is 9.18. The number of rotatable bonds is 2. The van der Waals surface area contributed by atoms with Gasteiger partial charge in [-0.3, -0.25) is 0 Å². The molecule has 0 aromatic carbocycles. The van der Waals surface area contributed by atoms with E-state index in [1.54, 1.807) is 0 Å². The summed E-state index contributed by atoms with van der Waals surface area (Å²) >= 11 is 0. The summed E-state index contributed by atoms with van der Waals surface area (Å²) in [5.41, 5.74) is 0.109. The minimum Gasteiger partial charge on any atom is -0.0459 e. The molecule has 0 N–H and O–H groups in total. The fourth-order valence-corrected chi connectivity index (χ4v) is 7.46. The molecule has 1 aliphatic carbocycles. The minimum absolute atomic E-state index is 0. The summed E-state index contributed by atoms with van der Waals surface area (Å²) in [5, 5.41) is 0. The molecule has 67 valence electrons. The van der Waals surface area contributed by atoms with Crippen LogP contribution < -0.4 is 0 Å². The van der Waals surface area contributed by atoms with E-state index >= 15 is 0 Å². The summed E-state index contributed by atoms with van der Waals surface area (Å²) in [6.45, 7) is 2.34. The van der Waals surface area contributed by atoms with Crippen molar-refractivity contribution in [2.75, 3.05) is 18.5 Å². The van der Waals surface area contributed by atoms with Crippen LogP contribution in [-0.2, 0) is 32.7 Å². The van der Waals surface area contributed by atoms with Gasteiger partial charge in [0.25, 0.3) is 0 Å². The summed E-state index contributed by atoms with van der Waals surface area (Å²) in [7, 11) is -0.777. The van der Waals surface area contributed by atoms with Gasteiger partial charge in [0.2, 0.25) is 0 Å². The monoisotopic (exact) mass is 261 g/mol. The quantitative estimate of drug-likeness (QED) is 0.668. The van der Waals surface area contributed by atoms with Crippen molar-refractivity contribution in [1.82, 2.24) is 0 Å². The normalized spacial score (nSPS) is 31.6. The maximum absolute atomic E-state index is 8.46. The van der Waals surface area contributed by atoms with Crippen LogP contribution in [0.3, 0.4) is 0 Å². The first-order valence-corrected chi connectivity index (χ1v) is 7.43. The molecule has 1 saturated carbocycles. The molecule has 0 amide bonds. The van der Waals surface area contributed by atoms with E-state index in [1.807, 2.05) is 0 Å². The van der Waals surface area contributed by atoms with E-state index in [0.29, 0.717) is 0 Å². The number of hydrogen-bond donors (Lipinski definition) is 0. The van der Waals surface area contributed by atoms with Gasteiger partial charge in [-0.1, -0.05) is 0 Å². The van der Waals surface area contributed by atoms with Crippen molar-refractivity contribution in [3.05, 3.63) is 0 Å². The van der Waals surface area contributed by atoms with Crippen LogP contribution in [0.15, 0.2) is 0 Å². The molecule has 0 spiro atoms. The average molecular weight is 261 g/mol. The second kappa shape index (κ2) is 4.85. The first-order chi connectivity index (χ1) is 5.72. The van der Waals surface area contributed by atoms with Crippen LogP contribution in [0.2, 0.25) is 0 Å². The van der Waals surface area contributed by atoms with E-state index in [4.69, 9.17) is 1.37 Å². The van der Waals surface area contributed by atoms with E-state index in [1.165, 1.54) is 50.6 Å². The molecule has 1 aliphatic heterocycles. The summed E-state index contributed by atoms with van der Waals surface area (Å²) in [4.78, 5) is 0. The minimum atomic E-state index is -0.777. The molecule has 12 heavy (non-hydrogen) atoms. The Morgan fingerprint density at radius 1 is 1.25 bits per heavy atom. The summed E-state index contributed by atoms with van der Waals surface area (Å²) in [6.07, 6.45) is 10.9. The molecule has 1 saturated heterocycles.